The number of piperazine rings is 1. The maximum Gasteiger partial charge on any atom is 0.279 e. The molecule has 0 bridgehead atoms. The van der Waals surface area contributed by atoms with E-state index in [0.717, 1.165) is 5.82 Å². The number of hydrogen-bond donors (Lipinski definition) is 0. The molecule has 2 aromatic heterocycles. The zero-order chi connectivity index (χ0) is 22.8. The lowest BCUT2D eigenvalue weighted by molar-refractivity contribution is 0.0741. The maximum atomic E-state index is 13.5. The molecule has 0 atom stereocenters. The van der Waals surface area contributed by atoms with Gasteiger partial charge in [-0.2, -0.15) is 15.0 Å². The van der Waals surface area contributed by atoms with Gasteiger partial charge in [0.1, 0.15) is 11.9 Å². The van der Waals surface area contributed by atoms with Crippen LogP contribution >= 0.6 is 0 Å². The van der Waals surface area contributed by atoms with E-state index in [1.807, 2.05) is 30.3 Å². The van der Waals surface area contributed by atoms with Crippen LogP contribution in [-0.4, -0.2) is 51.8 Å². The van der Waals surface area contributed by atoms with Gasteiger partial charge in [0.15, 0.2) is 5.69 Å². The van der Waals surface area contributed by atoms with Crippen molar-refractivity contribution in [2.45, 2.75) is 0 Å². The van der Waals surface area contributed by atoms with Gasteiger partial charge in [-0.25, -0.2) is 4.98 Å². The number of amides is 1. The first kappa shape index (κ1) is 20.4. The largest absolute Gasteiger partial charge is 0.353 e. The lowest BCUT2D eigenvalue weighted by Gasteiger charge is -2.35. The fourth-order valence-electron chi connectivity index (χ4n) is 4.02. The first-order valence-corrected chi connectivity index (χ1v) is 10.6. The van der Waals surface area contributed by atoms with E-state index in [1.54, 1.807) is 47.5 Å². The molecule has 0 aliphatic carbocycles. The van der Waals surface area contributed by atoms with Gasteiger partial charge < -0.3 is 9.80 Å². The van der Waals surface area contributed by atoms with E-state index >= 15 is 0 Å². The quantitative estimate of drug-likeness (QED) is 0.490. The van der Waals surface area contributed by atoms with Gasteiger partial charge in [-0.1, -0.05) is 36.4 Å². The summed E-state index contributed by atoms with van der Waals surface area (Å²) in [6.07, 6.45) is 1.55. The first-order valence-electron chi connectivity index (χ1n) is 10.6. The summed E-state index contributed by atoms with van der Waals surface area (Å²) < 4.78 is 1.30. The fraction of sp³-hybridized carbons (Fsp3) is 0.160. The molecule has 162 valence electrons. The summed E-state index contributed by atoms with van der Waals surface area (Å²) in [5.41, 5.74) is 1.13. The SMILES string of the molecule is N#Cc1ccc(N2CCN(C(=O)c3nn(-c4ccccc4)c(=O)c4ccccc34)CC2)nc1. The second kappa shape index (κ2) is 8.55. The molecule has 1 fully saturated rings. The molecular formula is C25H20N6O2. The van der Waals surface area contributed by atoms with Gasteiger partial charge in [-0.05, 0) is 30.3 Å². The predicted molar refractivity (Wildman–Crippen MR) is 124 cm³/mol. The summed E-state index contributed by atoms with van der Waals surface area (Å²) >= 11 is 0. The molecule has 1 aliphatic rings. The van der Waals surface area contributed by atoms with E-state index in [2.05, 4.69) is 21.1 Å². The van der Waals surface area contributed by atoms with Crippen LogP contribution in [0.2, 0.25) is 0 Å². The van der Waals surface area contributed by atoms with Crippen molar-refractivity contribution in [3.63, 3.8) is 0 Å². The van der Waals surface area contributed by atoms with Gasteiger partial charge in [0.25, 0.3) is 11.5 Å². The minimum Gasteiger partial charge on any atom is -0.353 e. The Morgan fingerprint density at radius 3 is 2.24 bits per heavy atom. The predicted octanol–water partition coefficient (Wildman–Crippen LogP) is 2.61. The summed E-state index contributed by atoms with van der Waals surface area (Å²) in [6, 6.07) is 21.8. The molecule has 0 unspecified atom stereocenters. The smallest absolute Gasteiger partial charge is 0.279 e. The highest BCUT2D eigenvalue weighted by atomic mass is 16.2. The zero-order valence-corrected chi connectivity index (χ0v) is 17.8. The summed E-state index contributed by atoms with van der Waals surface area (Å²) in [5, 5.41) is 14.5. The van der Waals surface area contributed by atoms with Crippen LogP contribution < -0.4 is 10.5 Å². The number of fused-ring (bicyclic) bond motifs is 1. The second-order valence-electron chi connectivity index (χ2n) is 7.74. The Labute approximate surface area is 189 Å². The fourth-order valence-corrected chi connectivity index (χ4v) is 4.02. The van der Waals surface area contributed by atoms with Crippen LogP contribution in [0, 0.1) is 11.3 Å². The highest BCUT2D eigenvalue weighted by Crippen LogP contribution is 2.19. The van der Waals surface area contributed by atoms with Crippen molar-refractivity contribution in [3.05, 3.63) is 94.5 Å². The molecule has 1 amide bonds. The molecule has 5 rings (SSSR count). The maximum absolute atomic E-state index is 13.5. The Hall–Kier alpha value is -4.51. The number of nitriles is 1. The number of pyridine rings is 1. The minimum atomic E-state index is -0.259. The number of anilines is 1. The molecule has 0 N–H and O–H groups in total. The van der Waals surface area contributed by atoms with Crippen molar-refractivity contribution in [3.8, 4) is 11.8 Å². The third kappa shape index (κ3) is 3.81. The van der Waals surface area contributed by atoms with E-state index < -0.39 is 0 Å². The third-order valence-corrected chi connectivity index (χ3v) is 5.78. The lowest BCUT2D eigenvalue weighted by atomic mass is 10.1. The highest BCUT2D eigenvalue weighted by Gasteiger charge is 2.26. The van der Waals surface area contributed by atoms with Crippen molar-refractivity contribution in [2.75, 3.05) is 31.1 Å². The van der Waals surface area contributed by atoms with E-state index in [4.69, 9.17) is 5.26 Å². The van der Waals surface area contributed by atoms with Crippen molar-refractivity contribution < 1.29 is 4.79 Å². The average molecular weight is 436 g/mol. The van der Waals surface area contributed by atoms with Crippen LogP contribution in [0.15, 0.2) is 77.7 Å². The number of carbonyl (C=O) groups excluding carboxylic acids is 1. The zero-order valence-electron chi connectivity index (χ0n) is 17.8. The van der Waals surface area contributed by atoms with Crippen LogP contribution in [0.1, 0.15) is 16.1 Å². The molecule has 0 radical (unpaired) electrons. The monoisotopic (exact) mass is 436 g/mol. The minimum absolute atomic E-state index is 0.205. The van der Waals surface area contributed by atoms with Crippen molar-refractivity contribution >= 4 is 22.5 Å². The standard InChI is InChI=1S/C25H20N6O2/c26-16-18-10-11-22(27-17-18)29-12-14-30(15-13-29)25(33)23-20-8-4-5-9-21(20)24(32)31(28-23)19-6-2-1-3-7-19/h1-11,17H,12-15H2. The topological polar surface area (TPSA) is 95.1 Å². The van der Waals surface area contributed by atoms with Crippen LogP contribution in [-0.2, 0) is 0 Å². The van der Waals surface area contributed by atoms with Crippen LogP contribution in [0.3, 0.4) is 0 Å². The number of carbonyl (C=O) groups is 1. The number of benzene rings is 2. The number of nitrogens with zero attached hydrogens (tertiary/aromatic N) is 6. The lowest BCUT2D eigenvalue weighted by Crippen LogP contribution is -2.49. The van der Waals surface area contributed by atoms with E-state index in [-0.39, 0.29) is 17.2 Å². The molecule has 33 heavy (non-hydrogen) atoms. The molecule has 8 heteroatoms. The van der Waals surface area contributed by atoms with Crippen molar-refractivity contribution in [1.82, 2.24) is 19.7 Å². The normalized spacial score (nSPS) is 13.7. The van der Waals surface area contributed by atoms with Crippen LogP contribution in [0.4, 0.5) is 5.82 Å². The highest BCUT2D eigenvalue weighted by molar-refractivity contribution is 6.05. The summed E-state index contributed by atoms with van der Waals surface area (Å²) in [5.74, 6) is 0.575. The summed E-state index contributed by atoms with van der Waals surface area (Å²) in [7, 11) is 0. The van der Waals surface area contributed by atoms with E-state index in [0.29, 0.717) is 48.2 Å². The Morgan fingerprint density at radius 2 is 1.58 bits per heavy atom. The summed E-state index contributed by atoms with van der Waals surface area (Å²) in [6.45, 7) is 2.23. The molecule has 1 saturated heterocycles. The van der Waals surface area contributed by atoms with Crippen LogP contribution in [0.25, 0.3) is 16.5 Å². The Morgan fingerprint density at radius 1 is 0.879 bits per heavy atom. The van der Waals surface area contributed by atoms with E-state index in [1.165, 1.54) is 4.68 Å². The molecule has 0 saturated carbocycles. The molecular weight excluding hydrogens is 416 g/mol. The third-order valence-electron chi connectivity index (χ3n) is 5.78. The van der Waals surface area contributed by atoms with Crippen LogP contribution in [0.5, 0.6) is 0 Å². The van der Waals surface area contributed by atoms with Gasteiger partial charge in [0.2, 0.25) is 0 Å². The number of aromatic nitrogens is 3. The van der Waals surface area contributed by atoms with Gasteiger partial charge in [0.05, 0.1) is 16.6 Å². The second-order valence-corrected chi connectivity index (χ2v) is 7.74. The molecule has 4 aromatic rings. The first-order chi connectivity index (χ1) is 16.2. The summed E-state index contributed by atoms with van der Waals surface area (Å²) in [4.78, 5) is 34.8. The molecule has 3 heterocycles. The van der Waals surface area contributed by atoms with Crippen molar-refractivity contribution in [2.24, 2.45) is 0 Å². The van der Waals surface area contributed by atoms with Gasteiger partial charge >= 0.3 is 0 Å². The van der Waals surface area contributed by atoms with Gasteiger partial charge in [0, 0.05) is 37.8 Å². The van der Waals surface area contributed by atoms with Gasteiger partial charge in [-0.3, -0.25) is 9.59 Å². The molecule has 2 aromatic carbocycles. The Kier molecular flexibility index (Phi) is 5.29. The van der Waals surface area contributed by atoms with Crippen molar-refractivity contribution in [1.29, 1.82) is 5.26 Å². The molecule has 1 aliphatic heterocycles. The number of hydrogen-bond acceptors (Lipinski definition) is 6. The molecule has 0 spiro atoms. The van der Waals surface area contributed by atoms with Gasteiger partial charge in [-0.15, -0.1) is 0 Å². The number of para-hydroxylation sites is 1. The molecule has 8 nitrogen and oxygen atoms in total. The Balaban J connectivity index is 1.45. The average Bonchev–Trinajstić information content (AvgIpc) is 2.89. The number of rotatable bonds is 3. The van der Waals surface area contributed by atoms with E-state index in [9.17, 15) is 9.59 Å². The Bertz CT molecular complexity index is 1420.